The van der Waals surface area contributed by atoms with E-state index in [1.165, 1.54) is 37.8 Å². The summed E-state index contributed by atoms with van der Waals surface area (Å²) in [6.07, 6.45) is 6.73. The summed E-state index contributed by atoms with van der Waals surface area (Å²) in [6, 6.07) is 2.78. The fourth-order valence-corrected chi connectivity index (χ4v) is 3.17. The van der Waals surface area contributed by atoms with Gasteiger partial charge in [0.25, 0.3) is 0 Å². The van der Waals surface area contributed by atoms with Gasteiger partial charge in [0, 0.05) is 6.54 Å². The van der Waals surface area contributed by atoms with E-state index in [0.29, 0.717) is 6.04 Å². The molecular formula is C15H27N3. The summed E-state index contributed by atoms with van der Waals surface area (Å²) in [7, 11) is 0. The molecule has 2 rings (SSSR count). The van der Waals surface area contributed by atoms with E-state index in [-0.39, 0.29) is 0 Å². The summed E-state index contributed by atoms with van der Waals surface area (Å²) in [5, 5.41) is 8.36. The topological polar surface area (TPSA) is 29.9 Å². The molecule has 1 aromatic heterocycles. The van der Waals surface area contributed by atoms with Crippen LogP contribution in [0.5, 0.6) is 0 Å². The zero-order chi connectivity index (χ0) is 13.0. The maximum atomic E-state index is 4.61. The lowest BCUT2D eigenvalue weighted by Gasteiger charge is -2.25. The first-order valence-corrected chi connectivity index (χ1v) is 7.54. The maximum absolute atomic E-state index is 4.61. The lowest BCUT2D eigenvalue weighted by Crippen LogP contribution is -2.30. The summed E-state index contributed by atoms with van der Waals surface area (Å²) in [4.78, 5) is 0. The number of hydrogen-bond acceptors (Lipinski definition) is 2. The Morgan fingerprint density at radius 1 is 1.39 bits per heavy atom. The van der Waals surface area contributed by atoms with Crippen molar-refractivity contribution in [3.8, 4) is 0 Å². The predicted molar refractivity (Wildman–Crippen MR) is 75.6 cm³/mol. The lowest BCUT2D eigenvalue weighted by atomic mass is 9.95. The molecule has 0 radical (unpaired) electrons. The van der Waals surface area contributed by atoms with Crippen molar-refractivity contribution in [2.24, 2.45) is 5.92 Å². The van der Waals surface area contributed by atoms with Gasteiger partial charge in [0.15, 0.2) is 0 Å². The standard InChI is InChI=1S/C15H27N3/c1-4-10-16-15(13-8-6-7-9-13)14-11-12(3)17-18(14)5-2/h11,13,15-16H,4-10H2,1-3H3. The normalized spacial score (nSPS) is 18.4. The minimum absolute atomic E-state index is 0.508. The van der Waals surface area contributed by atoms with E-state index in [1.54, 1.807) is 0 Å². The number of nitrogens with one attached hydrogen (secondary N) is 1. The highest BCUT2D eigenvalue weighted by Gasteiger charge is 2.28. The minimum Gasteiger partial charge on any atom is -0.308 e. The Morgan fingerprint density at radius 2 is 2.11 bits per heavy atom. The van der Waals surface area contributed by atoms with E-state index in [4.69, 9.17) is 0 Å². The second-order valence-corrected chi connectivity index (χ2v) is 5.50. The third-order valence-corrected chi connectivity index (χ3v) is 4.04. The van der Waals surface area contributed by atoms with E-state index >= 15 is 0 Å². The molecule has 1 aromatic rings. The van der Waals surface area contributed by atoms with Gasteiger partial charge in [-0.2, -0.15) is 5.10 Å². The zero-order valence-corrected chi connectivity index (χ0v) is 12.1. The molecule has 18 heavy (non-hydrogen) atoms. The van der Waals surface area contributed by atoms with Crippen LogP contribution in [0.4, 0.5) is 0 Å². The van der Waals surface area contributed by atoms with Gasteiger partial charge in [-0.3, -0.25) is 4.68 Å². The Balaban J connectivity index is 2.20. The van der Waals surface area contributed by atoms with Crippen LogP contribution < -0.4 is 5.32 Å². The largest absolute Gasteiger partial charge is 0.308 e. The van der Waals surface area contributed by atoms with Crippen LogP contribution in [0.25, 0.3) is 0 Å². The van der Waals surface area contributed by atoms with Gasteiger partial charge in [-0.05, 0) is 51.6 Å². The number of aromatic nitrogens is 2. The van der Waals surface area contributed by atoms with Crippen molar-refractivity contribution in [1.82, 2.24) is 15.1 Å². The molecule has 1 unspecified atom stereocenters. The molecule has 1 atom stereocenters. The zero-order valence-electron chi connectivity index (χ0n) is 12.1. The van der Waals surface area contributed by atoms with Crippen molar-refractivity contribution in [1.29, 1.82) is 0 Å². The summed E-state index contributed by atoms with van der Waals surface area (Å²) in [5.74, 6) is 0.804. The fraction of sp³-hybridized carbons (Fsp3) is 0.800. The Morgan fingerprint density at radius 3 is 2.72 bits per heavy atom. The fourth-order valence-electron chi connectivity index (χ4n) is 3.17. The molecule has 1 fully saturated rings. The number of aryl methyl sites for hydroxylation is 2. The molecule has 0 saturated heterocycles. The van der Waals surface area contributed by atoms with Gasteiger partial charge in [-0.1, -0.05) is 19.8 Å². The van der Waals surface area contributed by atoms with Gasteiger partial charge >= 0.3 is 0 Å². The molecule has 0 amide bonds. The summed E-state index contributed by atoms with van der Waals surface area (Å²) >= 11 is 0. The van der Waals surface area contributed by atoms with Crippen LogP contribution in [-0.4, -0.2) is 16.3 Å². The molecule has 0 aromatic carbocycles. The van der Waals surface area contributed by atoms with Crippen molar-refractivity contribution in [3.05, 3.63) is 17.5 Å². The molecule has 0 aliphatic heterocycles. The molecule has 0 bridgehead atoms. The second kappa shape index (κ2) is 6.37. The Kier molecular flexibility index (Phi) is 4.81. The average molecular weight is 249 g/mol. The van der Waals surface area contributed by atoms with Gasteiger partial charge in [0.05, 0.1) is 17.4 Å². The molecule has 1 aliphatic rings. The van der Waals surface area contributed by atoms with Crippen LogP contribution in [-0.2, 0) is 6.54 Å². The third kappa shape index (κ3) is 2.94. The number of nitrogens with zero attached hydrogens (tertiary/aromatic N) is 2. The molecule has 1 aliphatic carbocycles. The van der Waals surface area contributed by atoms with Crippen LogP contribution in [0.15, 0.2) is 6.07 Å². The van der Waals surface area contributed by atoms with E-state index in [1.807, 2.05) is 0 Å². The number of rotatable bonds is 6. The summed E-state index contributed by atoms with van der Waals surface area (Å²) in [6.45, 7) is 8.60. The molecule has 1 heterocycles. The van der Waals surface area contributed by atoms with E-state index in [0.717, 1.165) is 24.7 Å². The molecule has 3 heteroatoms. The van der Waals surface area contributed by atoms with Crippen LogP contribution in [0.3, 0.4) is 0 Å². The molecule has 1 saturated carbocycles. The van der Waals surface area contributed by atoms with E-state index in [2.05, 4.69) is 41.9 Å². The lowest BCUT2D eigenvalue weighted by molar-refractivity contribution is 0.347. The highest BCUT2D eigenvalue weighted by molar-refractivity contribution is 5.15. The first-order chi connectivity index (χ1) is 8.76. The highest BCUT2D eigenvalue weighted by Crippen LogP contribution is 2.35. The Bertz CT molecular complexity index is 364. The quantitative estimate of drug-likeness (QED) is 0.837. The van der Waals surface area contributed by atoms with Crippen molar-refractivity contribution in [3.63, 3.8) is 0 Å². The first kappa shape index (κ1) is 13.6. The van der Waals surface area contributed by atoms with Gasteiger partial charge in [-0.25, -0.2) is 0 Å². The molecule has 102 valence electrons. The van der Waals surface area contributed by atoms with Crippen LogP contribution in [0.2, 0.25) is 0 Å². The van der Waals surface area contributed by atoms with E-state index in [9.17, 15) is 0 Å². The SMILES string of the molecule is CCCNC(c1cc(C)nn1CC)C1CCCC1. The van der Waals surface area contributed by atoms with Crippen LogP contribution >= 0.6 is 0 Å². The predicted octanol–water partition coefficient (Wildman–Crippen LogP) is 3.44. The van der Waals surface area contributed by atoms with Gasteiger partial charge in [0.1, 0.15) is 0 Å². The monoisotopic (exact) mass is 249 g/mol. The second-order valence-electron chi connectivity index (χ2n) is 5.50. The Labute approximate surface area is 111 Å². The van der Waals surface area contributed by atoms with Gasteiger partial charge in [-0.15, -0.1) is 0 Å². The average Bonchev–Trinajstić information content (AvgIpc) is 2.99. The summed E-state index contributed by atoms with van der Waals surface area (Å²) < 4.78 is 2.18. The molecular weight excluding hydrogens is 222 g/mol. The van der Waals surface area contributed by atoms with Crippen LogP contribution in [0, 0.1) is 12.8 Å². The number of hydrogen-bond donors (Lipinski definition) is 1. The Hall–Kier alpha value is -0.830. The summed E-state index contributed by atoms with van der Waals surface area (Å²) in [5.41, 5.74) is 2.54. The maximum Gasteiger partial charge on any atom is 0.0597 e. The molecule has 1 N–H and O–H groups in total. The van der Waals surface area contributed by atoms with Gasteiger partial charge < -0.3 is 5.32 Å². The minimum atomic E-state index is 0.508. The van der Waals surface area contributed by atoms with Crippen molar-refractivity contribution in [2.45, 2.75) is 65.5 Å². The molecule has 3 nitrogen and oxygen atoms in total. The first-order valence-electron chi connectivity index (χ1n) is 7.54. The van der Waals surface area contributed by atoms with Crippen LogP contribution in [0.1, 0.15) is 63.4 Å². The molecule has 0 spiro atoms. The third-order valence-electron chi connectivity index (χ3n) is 4.04. The van der Waals surface area contributed by atoms with Crippen molar-refractivity contribution >= 4 is 0 Å². The van der Waals surface area contributed by atoms with E-state index < -0.39 is 0 Å². The smallest absolute Gasteiger partial charge is 0.0597 e. The van der Waals surface area contributed by atoms with Crippen molar-refractivity contribution < 1.29 is 0 Å². The van der Waals surface area contributed by atoms with Crippen molar-refractivity contribution in [2.75, 3.05) is 6.54 Å². The highest BCUT2D eigenvalue weighted by atomic mass is 15.3. The van der Waals surface area contributed by atoms with Gasteiger partial charge in [0.2, 0.25) is 0 Å².